The van der Waals surface area contributed by atoms with Crippen molar-refractivity contribution in [2.75, 3.05) is 11.4 Å². The number of carbonyl (C=O) groups is 2. The van der Waals surface area contributed by atoms with E-state index >= 15 is 0 Å². The second-order valence-electron chi connectivity index (χ2n) is 4.92. The second-order valence-corrected chi connectivity index (χ2v) is 4.92. The van der Waals surface area contributed by atoms with E-state index in [1.807, 2.05) is 18.2 Å². The fourth-order valence-corrected chi connectivity index (χ4v) is 2.43. The molecule has 0 bridgehead atoms. The molecule has 1 heterocycles. The Morgan fingerprint density at radius 3 is 2.78 bits per heavy atom. The van der Waals surface area contributed by atoms with E-state index in [4.69, 9.17) is 0 Å². The summed E-state index contributed by atoms with van der Waals surface area (Å²) >= 11 is 0. The molecular weight excluding hydrogens is 228 g/mol. The molecule has 3 rings (SSSR count). The SMILES string of the molecule is O=C1CCN(C(=O)NC2CCC2)c2ccccc21. The van der Waals surface area contributed by atoms with Gasteiger partial charge in [0.25, 0.3) is 0 Å². The molecule has 0 aromatic heterocycles. The van der Waals surface area contributed by atoms with Crippen LogP contribution in [0.15, 0.2) is 24.3 Å². The first kappa shape index (κ1) is 11.3. The van der Waals surface area contributed by atoms with Crippen LogP contribution in [0.1, 0.15) is 36.0 Å². The van der Waals surface area contributed by atoms with E-state index in [1.165, 1.54) is 6.42 Å². The molecule has 1 aromatic rings. The summed E-state index contributed by atoms with van der Waals surface area (Å²) in [6.07, 6.45) is 3.75. The molecular formula is C14H16N2O2. The average molecular weight is 244 g/mol. The maximum absolute atomic E-state index is 12.2. The van der Waals surface area contributed by atoms with Crippen LogP contribution < -0.4 is 10.2 Å². The molecule has 2 aliphatic rings. The lowest BCUT2D eigenvalue weighted by Crippen LogP contribution is -2.49. The molecule has 1 N–H and O–H groups in total. The number of fused-ring (bicyclic) bond motifs is 1. The molecule has 0 unspecified atom stereocenters. The lowest BCUT2D eigenvalue weighted by Gasteiger charge is -2.33. The fourth-order valence-electron chi connectivity index (χ4n) is 2.43. The van der Waals surface area contributed by atoms with Crippen LogP contribution in [0.5, 0.6) is 0 Å². The zero-order chi connectivity index (χ0) is 12.5. The predicted octanol–water partition coefficient (Wildman–Crippen LogP) is 2.34. The molecule has 18 heavy (non-hydrogen) atoms. The summed E-state index contributed by atoms with van der Waals surface area (Å²) in [5.41, 5.74) is 1.40. The zero-order valence-electron chi connectivity index (χ0n) is 10.2. The maximum Gasteiger partial charge on any atom is 0.322 e. The number of para-hydroxylation sites is 1. The summed E-state index contributed by atoms with van der Waals surface area (Å²) in [5, 5.41) is 3.02. The van der Waals surface area contributed by atoms with Gasteiger partial charge in [-0.05, 0) is 31.4 Å². The molecule has 0 atom stereocenters. The summed E-state index contributed by atoms with van der Waals surface area (Å²) in [5.74, 6) is 0.123. The Labute approximate surface area is 106 Å². The molecule has 1 saturated carbocycles. The first-order chi connectivity index (χ1) is 8.75. The van der Waals surface area contributed by atoms with Gasteiger partial charge < -0.3 is 5.32 Å². The van der Waals surface area contributed by atoms with Crippen molar-refractivity contribution in [1.82, 2.24) is 5.32 Å². The fraction of sp³-hybridized carbons (Fsp3) is 0.429. The minimum absolute atomic E-state index is 0.0698. The van der Waals surface area contributed by atoms with Crippen LogP contribution in [-0.2, 0) is 0 Å². The van der Waals surface area contributed by atoms with Crippen LogP contribution in [0.2, 0.25) is 0 Å². The van der Waals surface area contributed by atoms with Gasteiger partial charge in [-0.1, -0.05) is 12.1 Å². The van der Waals surface area contributed by atoms with Gasteiger partial charge in [-0.2, -0.15) is 0 Å². The topological polar surface area (TPSA) is 49.4 Å². The number of nitrogens with zero attached hydrogens (tertiary/aromatic N) is 1. The van der Waals surface area contributed by atoms with Crippen molar-refractivity contribution in [2.45, 2.75) is 31.7 Å². The van der Waals surface area contributed by atoms with Crippen LogP contribution in [0.4, 0.5) is 10.5 Å². The Morgan fingerprint density at radius 2 is 2.06 bits per heavy atom. The number of nitrogens with one attached hydrogen (secondary N) is 1. The van der Waals surface area contributed by atoms with Gasteiger partial charge in [-0.3, -0.25) is 9.69 Å². The minimum Gasteiger partial charge on any atom is -0.335 e. The Hall–Kier alpha value is -1.84. The second kappa shape index (κ2) is 4.44. The van der Waals surface area contributed by atoms with E-state index < -0.39 is 0 Å². The lowest BCUT2D eigenvalue weighted by molar-refractivity contribution is 0.0981. The third kappa shape index (κ3) is 1.88. The Morgan fingerprint density at radius 1 is 1.28 bits per heavy atom. The van der Waals surface area contributed by atoms with Gasteiger partial charge in [0, 0.05) is 24.6 Å². The van der Waals surface area contributed by atoms with Crippen LogP contribution in [0.25, 0.3) is 0 Å². The van der Waals surface area contributed by atoms with Crippen LogP contribution in [0.3, 0.4) is 0 Å². The molecule has 1 aliphatic heterocycles. The average Bonchev–Trinajstić information content (AvgIpc) is 2.34. The monoisotopic (exact) mass is 244 g/mol. The number of urea groups is 1. The lowest BCUT2D eigenvalue weighted by atomic mass is 9.93. The number of benzene rings is 1. The van der Waals surface area contributed by atoms with Gasteiger partial charge in [-0.25, -0.2) is 4.79 Å². The van der Waals surface area contributed by atoms with Crippen molar-refractivity contribution in [1.29, 1.82) is 0 Å². The predicted molar refractivity (Wildman–Crippen MR) is 68.9 cm³/mol. The van der Waals surface area contributed by atoms with Gasteiger partial charge in [0.2, 0.25) is 0 Å². The quantitative estimate of drug-likeness (QED) is 0.824. The van der Waals surface area contributed by atoms with E-state index in [-0.39, 0.29) is 11.8 Å². The molecule has 4 heteroatoms. The molecule has 1 fully saturated rings. The molecule has 0 saturated heterocycles. The first-order valence-corrected chi connectivity index (χ1v) is 6.46. The molecule has 2 amide bonds. The number of hydrogen-bond acceptors (Lipinski definition) is 2. The number of ketones is 1. The highest BCUT2D eigenvalue weighted by atomic mass is 16.2. The Kier molecular flexibility index (Phi) is 2.78. The van der Waals surface area contributed by atoms with E-state index in [2.05, 4.69) is 5.32 Å². The standard InChI is InChI=1S/C14H16N2O2/c17-13-8-9-16(12-7-2-1-6-11(12)13)14(18)15-10-4-3-5-10/h1-2,6-7,10H,3-5,8-9H2,(H,15,18). The highest BCUT2D eigenvalue weighted by molar-refractivity contribution is 6.08. The van der Waals surface area contributed by atoms with Crippen molar-refractivity contribution < 1.29 is 9.59 Å². The molecule has 94 valence electrons. The van der Waals surface area contributed by atoms with Gasteiger partial charge in [0.05, 0.1) is 5.69 Å². The van der Waals surface area contributed by atoms with Crippen LogP contribution in [0, 0.1) is 0 Å². The number of anilines is 1. The van der Waals surface area contributed by atoms with E-state index in [0.29, 0.717) is 24.6 Å². The van der Waals surface area contributed by atoms with Crippen molar-refractivity contribution >= 4 is 17.5 Å². The van der Waals surface area contributed by atoms with Crippen LogP contribution in [-0.4, -0.2) is 24.4 Å². The molecule has 0 spiro atoms. The van der Waals surface area contributed by atoms with Crippen molar-refractivity contribution in [3.05, 3.63) is 29.8 Å². The summed E-state index contributed by atoms with van der Waals surface area (Å²) < 4.78 is 0. The number of rotatable bonds is 1. The van der Waals surface area contributed by atoms with Gasteiger partial charge in [0.1, 0.15) is 0 Å². The van der Waals surface area contributed by atoms with Gasteiger partial charge in [0.15, 0.2) is 5.78 Å². The van der Waals surface area contributed by atoms with Crippen LogP contribution >= 0.6 is 0 Å². The van der Waals surface area contributed by atoms with E-state index in [9.17, 15) is 9.59 Å². The number of amides is 2. The highest BCUT2D eigenvalue weighted by Gasteiger charge is 2.29. The number of Topliss-reactive ketones (excluding diaryl/α,β-unsaturated/α-hetero) is 1. The van der Waals surface area contributed by atoms with E-state index in [0.717, 1.165) is 18.5 Å². The largest absolute Gasteiger partial charge is 0.335 e. The first-order valence-electron chi connectivity index (χ1n) is 6.46. The Balaban J connectivity index is 1.82. The zero-order valence-corrected chi connectivity index (χ0v) is 10.2. The summed E-state index contributed by atoms with van der Waals surface area (Å²) in [4.78, 5) is 25.6. The molecule has 1 aliphatic carbocycles. The molecule has 0 radical (unpaired) electrons. The van der Waals surface area contributed by atoms with Crippen molar-refractivity contribution in [3.8, 4) is 0 Å². The maximum atomic E-state index is 12.2. The van der Waals surface area contributed by atoms with Gasteiger partial charge in [-0.15, -0.1) is 0 Å². The molecule has 1 aromatic carbocycles. The van der Waals surface area contributed by atoms with Crippen molar-refractivity contribution in [3.63, 3.8) is 0 Å². The third-order valence-electron chi connectivity index (χ3n) is 3.74. The van der Waals surface area contributed by atoms with Crippen molar-refractivity contribution in [2.24, 2.45) is 0 Å². The van der Waals surface area contributed by atoms with Gasteiger partial charge >= 0.3 is 6.03 Å². The summed E-state index contributed by atoms with van der Waals surface area (Å²) in [6, 6.07) is 7.58. The third-order valence-corrected chi connectivity index (χ3v) is 3.74. The highest BCUT2D eigenvalue weighted by Crippen LogP contribution is 2.27. The summed E-state index contributed by atoms with van der Waals surface area (Å²) in [6.45, 7) is 0.481. The van der Waals surface area contributed by atoms with E-state index in [1.54, 1.807) is 11.0 Å². The minimum atomic E-state index is -0.0698. The smallest absolute Gasteiger partial charge is 0.322 e. The number of hydrogen-bond donors (Lipinski definition) is 1. The number of carbonyl (C=O) groups excluding carboxylic acids is 2. The molecule has 4 nitrogen and oxygen atoms in total. The normalized spacial score (nSPS) is 19.1. The summed E-state index contributed by atoms with van der Waals surface area (Å²) in [7, 11) is 0. The Bertz CT molecular complexity index is 494.